The van der Waals surface area contributed by atoms with E-state index < -0.39 is 0 Å². The largest absolute Gasteiger partial charge is 0.402 e. The Morgan fingerprint density at radius 1 is 1.29 bits per heavy atom. The van der Waals surface area contributed by atoms with Gasteiger partial charge in [0.25, 0.3) is 5.56 Å². The highest BCUT2D eigenvalue weighted by Crippen LogP contribution is 2.21. The summed E-state index contributed by atoms with van der Waals surface area (Å²) in [7, 11) is 0. The predicted octanol–water partition coefficient (Wildman–Crippen LogP) is 3.24. The van der Waals surface area contributed by atoms with E-state index in [0.29, 0.717) is 16.8 Å². The maximum atomic E-state index is 12.7. The molecule has 2 N–H and O–H groups in total. The van der Waals surface area contributed by atoms with Crippen LogP contribution in [-0.4, -0.2) is 9.78 Å². The van der Waals surface area contributed by atoms with Gasteiger partial charge in [-0.25, -0.2) is 0 Å². The fourth-order valence-electron chi connectivity index (χ4n) is 2.32. The second-order valence-electron chi connectivity index (χ2n) is 5.40. The van der Waals surface area contributed by atoms with Crippen LogP contribution in [0.4, 0.5) is 0 Å². The summed E-state index contributed by atoms with van der Waals surface area (Å²) in [5, 5.41) is 6.15. The van der Waals surface area contributed by atoms with Gasteiger partial charge < -0.3 is 5.73 Å². The van der Waals surface area contributed by atoms with Crippen LogP contribution in [-0.2, 0) is 0 Å². The van der Waals surface area contributed by atoms with Crippen LogP contribution in [0.15, 0.2) is 46.9 Å². The second-order valence-corrected chi connectivity index (χ2v) is 5.40. The molecule has 1 aromatic carbocycles. The number of allylic oxidation sites excluding steroid dienone is 4. The average molecular weight is 283 g/mol. The molecule has 0 saturated carbocycles. The summed E-state index contributed by atoms with van der Waals surface area (Å²) in [4.78, 5) is 12.7. The smallest absolute Gasteiger partial charge is 0.279 e. The predicted molar refractivity (Wildman–Crippen MR) is 88.0 cm³/mol. The van der Waals surface area contributed by atoms with Gasteiger partial charge in [0, 0.05) is 11.1 Å². The third-order valence-electron chi connectivity index (χ3n) is 3.30. The van der Waals surface area contributed by atoms with Gasteiger partial charge in [0.1, 0.15) is 0 Å². The lowest BCUT2D eigenvalue weighted by Gasteiger charge is -2.13. The molecule has 0 fully saturated rings. The van der Waals surface area contributed by atoms with Gasteiger partial charge in [0.2, 0.25) is 0 Å². The maximum Gasteiger partial charge on any atom is 0.279 e. The summed E-state index contributed by atoms with van der Waals surface area (Å²) in [6.07, 6.45) is 3.59. The molecule has 0 amide bonds. The third-order valence-corrected chi connectivity index (χ3v) is 3.30. The molecule has 0 aliphatic carbocycles. The zero-order valence-corrected chi connectivity index (χ0v) is 12.9. The van der Waals surface area contributed by atoms with Crippen molar-refractivity contribution in [1.29, 1.82) is 0 Å². The Balaban J connectivity index is 2.85. The highest BCUT2D eigenvalue weighted by Gasteiger charge is 2.14. The van der Waals surface area contributed by atoms with Crippen molar-refractivity contribution >= 4 is 16.5 Å². The monoisotopic (exact) mass is 283 g/mol. The first-order valence-electron chi connectivity index (χ1n) is 7.08. The summed E-state index contributed by atoms with van der Waals surface area (Å²) in [5.74, 6) is 0.225. The number of nitrogens with two attached hydrogens (primary N) is 1. The Bertz CT molecular complexity index is 778. The third kappa shape index (κ3) is 2.89. The number of rotatable bonds is 3. The minimum atomic E-state index is -0.124. The van der Waals surface area contributed by atoms with Gasteiger partial charge in [-0.1, -0.05) is 38.1 Å². The van der Waals surface area contributed by atoms with Crippen LogP contribution in [0, 0.1) is 0 Å². The first-order chi connectivity index (χ1) is 9.95. The molecule has 0 aliphatic rings. The lowest BCUT2D eigenvalue weighted by Crippen LogP contribution is -2.24. The molecule has 0 radical (unpaired) electrons. The van der Waals surface area contributed by atoms with Gasteiger partial charge in [-0.2, -0.15) is 9.78 Å². The molecular formula is C17H21N3O. The summed E-state index contributed by atoms with van der Waals surface area (Å²) in [6.45, 7) is 7.80. The summed E-state index contributed by atoms with van der Waals surface area (Å²) >= 11 is 0. The number of benzene rings is 1. The van der Waals surface area contributed by atoms with Gasteiger partial charge >= 0.3 is 0 Å². The van der Waals surface area contributed by atoms with Gasteiger partial charge in [0.05, 0.1) is 16.8 Å². The molecule has 2 rings (SSSR count). The van der Waals surface area contributed by atoms with E-state index in [1.54, 1.807) is 13.0 Å². The van der Waals surface area contributed by atoms with E-state index in [2.05, 4.69) is 18.9 Å². The standard InChI is InChI=1S/C17H21N3O/c1-5-13(10-12(4)18)20-17(21)15-9-7-6-8-14(15)16(19-20)11(2)3/h5-11H,18H2,1-4H3/b12-10+,13-5+. The van der Waals surface area contributed by atoms with Gasteiger partial charge in [-0.3, -0.25) is 4.79 Å². The number of aromatic nitrogens is 2. The van der Waals surface area contributed by atoms with Crippen LogP contribution in [0.2, 0.25) is 0 Å². The maximum absolute atomic E-state index is 12.7. The van der Waals surface area contributed by atoms with Crippen LogP contribution in [0.1, 0.15) is 39.3 Å². The van der Waals surface area contributed by atoms with Gasteiger partial charge in [-0.15, -0.1) is 0 Å². The number of fused-ring (bicyclic) bond motifs is 1. The Morgan fingerprint density at radius 3 is 2.43 bits per heavy atom. The molecule has 0 saturated heterocycles. The van der Waals surface area contributed by atoms with Crippen molar-refractivity contribution in [1.82, 2.24) is 9.78 Å². The molecule has 2 aromatic rings. The van der Waals surface area contributed by atoms with Crippen molar-refractivity contribution in [3.8, 4) is 0 Å². The van der Waals surface area contributed by atoms with Gasteiger partial charge in [-0.05, 0) is 31.9 Å². The first kappa shape index (κ1) is 15.0. The van der Waals surface area contributed by atoms with Gasteiger partial charge in [0.15, 0.2) is 0 Å². The fourth-order valence-corrected chi connectivity index (χ4v) is 2.32. The molecule has 1 heterocycles. The molecule has 110 valence electrons. The summed E-state index contributed by atoms with van der Waals surface area (Å²) < 4.78 is 1.44. The molecule has 0 aliphatic heterocycles. The van der Waals surface area contributed by atoms with Crippen LogP contribution in [0.5, 0.6) is 0 Å². The zero-order chi connectivity index (χ0) is 15.6. The molecule has 21 heavy (non-hydrogen) atoms. The fraction of sp³-hybridized carbons (Fsp3) is 0.294. The van der Waals surface area contributed by atoms with Crippen LogP contribution in [0.3, 0.4) is 0 Å². The topological polar surface area (TPSA) is 60.9 Å². The molecule has 0 bridgehead atoms. The Hall–Kier alpha value is -2.36. The van der Waals surface area contributed by atoms with E-state index in [9.17, 15) is 4.79 Å². The summed E-state index contributed by atoms with van der Waals surface area (Å²) in [6, 6.07) is 7.59. The van der Waals surface area contributed by atoms with Crippen molar-refractivity contribution in [2.24, 2.45) is 5.73 Å². The first-order valence-corrected chi connectivity index (χ1v) is 7.08. The Morgan fingerprint density at radius 2 is 1.90 bits per heavy atom. The minimum Gasteiger partial charge on any atom is -0.402 e. The van der Waals surface area contributed by atoms with Crippen molar-refractivity contribution in [2.75, 3.05) is 0 Å². The zero-order valence-electron chi connectivity index (χ0n) is 12.9. The average Bonchev–Trinajstić information content (AvgIpc) is 2.45. The highest BCUT2D eigenvalue weighted by molar-refractivity contribution is 5.84. The van der Waals surface area contributed by atoms with Crippen molar-refractivity contribution < 1.29 is 0 Å². The molecule has 1 aromatic heterocycles. The van der Waals surface area contributed by atoms with E-state index in [1.165, 1.54) is 4.68 Å². The SMILES string of the molecule is C/C=C(\C=C(/C)N)n1nc(C(C)C)c2ccccc2c1=O. The number of hydrogen-bond acceptors (Lipinski definition) is 3. The normalized spacial score (nSPS) is 13.2. The highest BCUT2D eigenvalue weighted by atomic mass is 16.1. The van der Waals surface area contributed by atoms with E-state index in [4.69, 9.17) is 5.73 Å². The molecule has 0 unspecified atom stereocenters. The Labute approximate surface area is 124 Å². The van der Waals surface area contributed by atoms with Crippen molar-refractivity contribution in [2.45, 2.75) is 33.6 Å². The molecule has 0 atom stereocenters. The minimum absolute atomic E-state index is 0.124. The lowest BCUT2D eigenvalue weighted by molar-refractivity contribution is 0.739. The van der Waals surface area contributed by atoms with E-state index >= 15 is 0 Å². The molecule has 0 spiro atoms. The number of nitrogens with zero attached hydrogens (tertiary/aromatic N) is 2. The molecular weight excluding hydrogens is 262 g/mol. The Kier molecular flexibility index (Phi) is 4.26. The van der Waals surface area contributed by atoms with E-state index in [1.807, 2.05) is 37.3 Å². The van der Waals surface area contributed by atoms with Crippen LogP contribution >= 0.6 is 0 Å². The van der Waals surface area contributed by atoms with Crippen LogP contribution < -0.4 is 11.3 Å². The van der Waals surface area contributed by atoms with E-state index in [-0.39, 0.29) is 11.5 Å². The number of hydrogen-bond donors (Lipinski definition) is 1. The summed E-state index contributed by atoms with van der Waals surface area (Å²) in [5.41, 5.74) is 7.85. The second kappa shape index (κ2) is 5.95. The quantitative estimate of drug-likeness (QED) is 0.880. The van der Waals surface area contributed by atoms with E-state index in [0.717, 1.165) is 11.1 Å². The molecule has 4 heteroatoms. The molecule has 4 nitrogen and oxygen atoms in total. The lowest BCUT2D eigenvalue weighted by atomic mass is 10.0. The van der Waals surface area contributed by atoms with Crippen molar-refractivity contribution in [3.05, 3.63) is 58.2 Å². The van der Waals surface area contributed by atoms with Crippen molar-refractivity contribution in [3.63, 3.8) is 0 Å². The van der Waals surface area contributed by atoms with Crippen LogP contribution in [0.25, 0.3) is 16.5 Å².